The maximum Gasteiger partial charge on any atom is 0.338 e. The second-order valence-corrected chi connectivity index (χ2v) is 5.14. The van der Waals surface area contributed by atoms with E-state index < -0.39 is 17.3 Å². The summed E-state index contributed by atoms with van der Waals surface area (Å²) in [5, 5.41) is 11.6. The normalized spacial score (nSPS) is 15.5. The Hall–Kier alpha value is -2.11. The van der Waals surface area contributed by atoms with E-state index in [-0.39, 0.29) is 24.3 Å². The fourth-order valence-electron chi connectivity index (χ4n) is 2.42. The molecule has 5 nitrogen and oxygen atoms in total. The van der Waals surface area contributed by atoms with E-state index in [0.717, 1.165) is 37.8 Å². The summed E-state index contributed by atoms with van der Waals surface area (Å²) in [6.07, 6.45) is 5.40. The minimum Gasteiger partial charge on any atom is -0.484 e. The molecule has 0 aliphatic heterocycles. The van der Waals surface area contributed by atoms with Crippen molar-refractivity contribution in [2.24, 2.45) is 0 Å². The van der Waals surface area contributed by atoms with Crippen LogP contribution in [0.2, 0.25) is 0 Å². The molecule has 1 saturated carbocycles. The molecule has 0 atom stereocenters. The molecule has 1 fully saturated rings. The lowest BCUT2D eigenvalue weighted by Crippen LogP contribution is -2.38. The van der Waals surface area contributed by atoms with Crippen LogP contribution in [0.5, 0.6) is 5.75 Å². The summed E-state index contributed by atoms with van der Waals surface area (Å²) in [4.78, 5) is 22.4. The van der Waals surface area contributed by atoms with Gasteiger partial charge in [-0.15, -0.1) is 0 Å². The van der Waals surface area contributed by atoms with E-state index in [9.17, 15) is 14.0 Å². The summed E-state index contributed by atoms with van der Waals surface area (Å²) >= 11 is 0. The van der Waals surface area contributed by atoms with Gasteiger partial charge >= 0.3 is 5.97 Å². The van der Waals surface area contributed by atoms with Crippen LogP contribution in [0.25, 0.3) is 0 Å². The van der Waals surface area contributed by atoms with Gasteiger partial charge in [-0.05, 0) is 25.0 Å². The molecule has 0 unspecified atom stereocenters. The summed E-state index contributed by atoms with van der Waals surface area (Å²) in [6.45, 7) is -0.206. The third-order valence-corrected chi connectivity index (χ3v) is 3.51. The van der Waals surface area contributed by atoms with Crippen molar-refractivity contribution in [2.45, 2.75) is 38.1 Å². The Balaban J connectivity index is 1.83. The van der Waals surface area contributed by atoms with Crippen molar-refractivity contribution < 1.29 is 23.8 Å². The lowest BCUT2D eigenvalue weighted by molar-refractivity contribution is -0.124. The van der Waals surface area contributed by atoms with Gasteiger partial charge in [0.15, 0.2) is 6.61 Å². The fraction of sp³-hybridized carbons (Fsp3) is 0.467. The number of carboxylic acids is 1. The molecule has 0 aromatic heterocycles. The molecule has 1 amide bonds. The standard InChI is InChI=1S/C15H18FNO4/c16-13-8-11(6-7-12(13)15(19)20)21-9-14(18)17-10-4-2-1-3-5-10/h6-8,10H,1-5,9H2,(H,17,18)(H,19,20). The molecule has 0 bridgehead atoms. The summed E-state index contributed by atoms with van der Waals surface area (Å²) in [5.41, 5.74) is -0.422. The van der Waals surface area contributed by atoms with Gasteiger partial charge in [0.25, 0.3) is 5.91 Å². The van der Waals surface area contributed by atoms with E-state index in [4.69, 9.17) is 9.84 Å². The molecule has 114 valence electrons. The molecular weight excluding hydrogens is 277 g/mol. The van der Waals surface area contributed by atoms with Crippen LogP contribution >= 0.6 is 0 Å². The quantitative estimate of drug-likeness (QED) is 0.874. The second kappa shape index (κ2) is 7.06. The van der Waals surface area contributed by atoms with Crippen LogP contribution in [-0.2, 0) is 4.79 Å². The van der Waals surface area contributed by atoms with Gasteiger partial charge in [-0.2, -0.15) is 0 Å². The van der Waals surface area contributed by atoms with Crippen LogP contribution in [0.4, 0.5) is 4.39 Å². The number of carbonyl (C=O) groups is 2. The molecule has 1 aromatic carbocycles. The second-order valence-electron chi connectivity index (χ2n) is 5.14. The zero-order chi connectivity index (χ0) is 15.2. The predicted octanol–water partition coefficient (Wildman–Crippen LogP) is 2.35. The lowest BCUT2D eigenvalue weighted by Gasteiger charge is -2.22. The van der Waals surface area contributed by atoms with E-state index >= 15 is 0 Å². The zero-order valence-electron chi connectivity index (χ0n) is 11.6. The van der Waals surface area contributed by atoms with Gasteiger partial charge in [-0.25, -0.2) is 9.18 Å². The molecule has 1 aliphatic carbocycles. The first kappa shape index (κ1) is 15.3. The Bertz CT molecular complexity index is 526. The third kappa shape index (κ3) is 4.44. The van der Waals surface area contributed by atoms with Crippen molar-refractivity contribution in [3.05, 3.63) is 29.6 Å². The van der Waals surface area contributed by atoms with Crippen molar-refractivity contribution in [3.8, 4) is 5.75 Å². The molecule has 0 saturated heterocycles. The Morgan fingerprint density at radius 2 is 2.00 bits per heavy atom. The fourth-order valence-corrected chi connectivity index (χ4v) is 2.42. The highest BCUT2D eigenvalue weighted by molar-refractivity contribution is 5.88. The van der Waals surface area contributed by atoms with Crippen LogP contribution in [0.3, 0.4) is 0 Å². The highest BCUT2D eigenvalue weighted by atomic mass is 19.1. The average Bonchev–Trinajstić information content (AvgIpc) is 2.46. The third-order valence-electron chi connectivity index (χ3n) is 3.51. The minimum absolute atomic E-state index is 0.135. The van der Waals surface area contributed by atoms with Gasteiger partial charge in [0.2, 0.25) is 0 Å². The van der Waals surface area contributed by atoms with Crippen molar-refractivity contribution >= 4 is 11.9 Å². The summed E-state index contributed by atoms with van der Waals surface area (Å²) in [5.74, 6) is -2.33. The van der Waals surface area contributed by atoms with E-state index in [1.807, 2.05) is 0 Å². The first-order valence-electron chi connectivity index (χ1n) is 7.01. The highest BCUT2D eigenvalue weighted by Crippen LogP contribution is 2.18. The number of amides is 1. The largest absolute Gasteiger partial charge is 0.484 e. The van der Waals surface area contributed by atoms with Crippen LogP contribution in [0, 0.1) is 5.82 Å². The molecule has 2 N–H and O–H groups in total. The number of carboxylic acid groups (broad SMARTS) is 1. The topological polar surface area (TPSA) is 75.6 Å². The molecule has 1 aromatic rings. The van der Waals surface area contributed by atoms with Crippen LogP contribution in [0.15, 0.2) is 18.2 Å². The minimum atomic E-state index is -1.34. The van der Waals surface area contributed by atoms with Crippen molar-refractivity contribution in [1.82, 2.24) is 5.32 Å². The van der Waals surface area contributed by atoms with E-state index in [1.165, 1.54) is 12.5 Å². The van der Waals surface area contributed by atoms with Crippen molar-refractivity contribution in [2.75, 3.05) is 6.61 Å². The first-order valence-corrected chi connectivity index (χ1v) is 7.01. The van der Waals surface area contributed by atoms with E-state index in [2.05, 4.69) is 5.32 Å². The zero-order valence-corrected chi connectivity index (χ0v) is 11.6. The van der Waals surface area contributed by atoms with Crippen LogP contribution in [-0.4, -0.2) is 29.6 Å². The van der Waals surface area contributed by atoms with Crippen molar-refractivity contribution in [1.29, 1.82) is 0 Å². The molecular formula is C15H18FNO4. The Morgan fingerprint density at radius 3 is 2.62 bits per heavy atom. The van der Waals surface area contributed by atoms with E-state index in [1.54, 1.807) is 0 Å². The number of carbonyl (C=O) groups excluding carboxylic acids is 1. The number of ether oxygens (including phenoxy) is 1. The Morgan fingerprint density at radius 1 is 1.29 bits per heavy atom. The number of rotatable bonds is 5. The molecule has 0 spiro atoms. The number of aromatic carboxylic acids is 1. The maximum absolute atomic E-state index is 13.4. The predicted molar refractivity (Wildman–Crippen MR) is 73.9 cm³/mol. The Labute approximate surface area is 122 Å². The summed E-state index contributed by atoms with van der Waals surface area (Å²) in [6, 6.07) is 3.62. The van der Waals surface area contributed by atoms with Gasteiger partial charge in [-0.1, -0.05) is 19.3 Å². The smallest absolute Gasteiger partial charge is 0.338 e. The summed E-state index contributed by atoms with van der Waals surface area (Å²) in [7, 11) is 0. The Kier molecular flexibility index (Phi) is 5.14. The van der Waals surface area contributed by atoms with Gasteiger partial charge in [0, 0.05) is 12.1 Å². The molecule has 1 aliphatic rings. The molecule has 0 heterocycles. The molecule has 21 heavy (non-hydrogen) atoms. The van der Waals surface area contributed by atoms with Gasteiger partial charge in [-0.3, -0.25) is 4.79 Å². The molecule has 6 heteroatoms. The van der Waals surface area contributed by atoms with Crippen LogP contribution < -0.4 is 10.1 Å². The van der Waals surface area contributed by atoms with Crippen LogP contribution in [0.1, 0.15) is 42.5 Å². The average molecular weight is 295 g/mol. The number of hydrogen-bond donors (Lipinski definition) is 2. The SMILES string of the molecule is O=C(COc1ccc(C(=O)O)c(F)c1)NC1CCCCC1. The first-order chi connectivity index (χ1) is 10.1. The number of halogens is 1. The number of nitrogens with one attached hydrogen (secondary N) is 1. The monoisotopic (exact) mass is 295 g/mol. The molecule has 0 radical (unpaired) electrons. The van der Waals surface area contributed by atoms with Crippen molar-refractivity contribution in [3.63, 3.8) is 0 Å². The summed E-state index contributed by atoms with van der Waals surface area (Å²) < 4.78 is 18.6. The molecule has 2 rings (SSSR count). The van der Waals surface area contributed by atoms with Gasteiger partial charge < -0.3 is 15.2 Å². The number of benzene rings is 1. The van der Waals surface area contributed by atoms with Gasteiger partial charge in [0.1, 0.15) is 11.6 Å². The lowest BCUT2D eigenvalue weighted by atomic mass is 9.95. The number of hydrogen-bond acceptors (Lipinski definition) is 3. The van der Waals surface area contributed by atoms with E-state index in [0.29, 0.717) is 0 Å². The maximum atomic E-state index is 13.4. The van der Waals surface area contributed by atoms with Gasteiger partial charge in [0.05, 0.1) is 5.56 Å². The highest BCUT2D eigenvalue weighted by Gasteiger charge is 2.16.